The number of rotatable bonds is 1. The Balaban J connectivity index is 2.90. The van der Waals surface area contributed by atoms with Crippen LogP contribution in [0.5, 0.6) is 0 Å². The Hall–Kier alpha value is -0.670. The highest BCUT2D eigenvalue weighted by atomic mass is 79.9. The molecular weight excluding hydrogens is 275 g/mol. The molecule has 0 N–H and O–H groups in total. The molecule has 0 spiro atoms. The smallest absolute Gasteiger partial charge is 0.141 e. The van der Waals surface area contributed by atoms with Gasteiger partial charge in [0.1, 0.15) is 11.0 Å². The fourth-order valence-electron chi connectivity index (χ4n) is 1.49. The number of halogens is 2. The van der Waals surface area contributed by atoms with Crippen LogP contribution in [0.3, 0.4) is 0 Å². The van der Waals surface area contributed by atoms with Crippen LogP contribution in [0, 0.1) is 6.92 Å². The van der Waals surface area contributed by atoms with Crippen molar-refractivity contribution in [1.29, 1.82) is 0 Å². The van der Waals surface area contributed by atoms with Crippen LogP contribution in [-0.4, -0.2) is 9.97 Å². The molecule has 0 aliphatic heterocycles. The Morgan fingerprint density at radius 3 is 2.73 bits per heavy atom. The fourth-order valence-corrected chi connectivity index (χ4v) is 2.40. The predicted molar refractivity (Wildman–Crippen MR) is 66.4 cm³/mol. The lowest BCUT2D eigenvalue weighted by Crippen LogP contribution is -1.96. The van der Waals surface area contributed by atoms with E-state index in [0.29, 0.717) is 5.15 Å². The van der Waals surface area contributed by atoms with Crippen LogP contribution < -0.4 is 0 Å². The number of benzene rings is 1. The van der Waals surface area contributed by atoms with Crippen molar-refractivity contribution in [2.24, 2.45) is 0 Å². The fraction of sp³-hybridized carbons (Fsp3) is 0.273. The van der Waals surface area contributed by atoms with Crippen molar-refractivity contribution in [3.8, 4) is 0 Å². The molecule has 2 aromatic rings. The van der Waals surface area contributed by atoms with Crippen LogP contribution in [0.15, 0.2) is 16.6 Å². The van der Waals surface area contributed by atoms with E-state index in [0.717, 1.165) is 33.2 Å². The molecule has 0 saturated carbocycles. The van der Waals surface area contributed by atoms with Gasteiger partial charge in [0.2, 0.25) is 0 Å². The third-order valence-corrected chi connectivity index (χ3v) is 3.25. The zero-order valence-corrected chi connectivity index (χ0v) is 10.9. The van der Waals surface area contributed by atoms with Gasteiger partial charge in [-0.25, -0.2) is 9.97 Å². The Morgan fingerprint density at radius 1 is 1.33 bits per heavy atom. The summed E-state index contributed by atoms with van der Waals surface area (Å²) in [6.07, 6.45) is 0.793. The van der Waals surface area contributed by atoms with Crippen molar-refractivity contribution >= 4 is 38.4 Å². The highest BCUT2D eigenvalue weighted by Gasteiger charge is 2.09. The van der Waals surface area contributed by atoms with Crippen molar-refractivity contribution in [1.82, 2.24) is 9.97 Å². The Morgan fingerprint density at radius 2 is 2.07 bits per heavy atom. The van der Waals surface area contributed by atoms with Gasteiger partial charge in [-0.1, -0.05) is 24.6 Å². The molecule has 2 nitrogen and oxygen atoms in total. The quantitative estimate of drug-likeness (QED) is 0.742. The number of fused-ring (bicyclic) bond motifs is 1. The minimum atomic E-state index is 0.521. The van der Waals surface area contributed by atoms with Gasteiger partial charge in [-0.15, -0.1) is 0 Å². The third-order valence-electron chi connectivity index (χ3n) is 2.32. The summed E-state index contributed by atoms with van der Waals surface area (Å²) in [6, 6.07) is 3.99. The minimum Gasteiger partial charge on any atom is -0.232 e. The molecule has 0 aliphatic rings. The molecule has 0 saturated heterocycles. The predicted octanol–water partition coefficient (Wildman–Crippen LogP) is 3.92. The second kappa shape index (κ2) is 4.06. The Kier molecular flexibility index (Phi) is 2.94. The molecule has 0 unspecified atom stereocenters. The minimum absolute atomic E-state index is 0.521. The maximum Gasteiger partial charge on any atom is 0.141 e. The average molecular weight is 286 g/mol. The van der Waals surface area contributed by atoms with Crippen LogP contribution in [0.1, 0.15) is 18.3 Å². The monoisotopic (exact) mass is 284 g/mol. The normalized spacial score (nSPS) is 10.9. The van der Waals surface area contributed by atoms with Crippen LogP contribution >= 0.6 is 27.5 Å². The number of hydrogen-bond acceptors (Lipinski definition) is 2. The summed E-state index contributed by atoms with van der Waals surface area (Å²) >= 11 is 9.60. The van der Waals surface area contributed by atoms with E-state index in [1.807, 2.05) is 26.0 Å². The maximum atomic E-state index is 6.14. The van der Waals surface area contributed by atoms with E-state index in [-0.39, 0.29) is 0 Å². The number of aromatic nitrogens is 2. The van der Waals surface area contributed by atoms with Gasteiger partial charge in [0.05, 0.1) is 10.9 Å². The van der Waals surface area contributed by atoms with Crippen molar-refractivity contribution < 1.29 is 0 Å². The molecule has 0 bridgehead atoms. The zero-order chi connectivity index (χ0) is 11.0. The van der Waals surface area contributed by atoms with Gasteiger partial charge in [-0.3, -0.25) is 0 Å². The summed E-state index contributed by atoms with van der Waals surface area (Å²) in [4.78, 5) is 8.74. The third kappa shape index (κ3) is 1.86. The van der Waals surface area contributed by atoms with Crippen LogP contribution in [0.2, 0.25) is 5.15 Å². The van der Waals surface area contributed by atoms with Crippen molar-refractivity contribution in [3.63, 3.8) is 0 Å². The van der Waals surface area contributed by atoms with Crippen LogP contribution in [0.25, 0.3) is 10.9 Å². The van der Waals surface area contributed by atoms with Crippen molar-refractivity contribution in [3.05, 3.63) is 33.1 Å². The topological polar surface area (TPSA) is 25.8 Å². The lowest BCUT2D eigenvalue weighted by molar-refractivity contribution is 0.959. The SMILES string of the molecule is CCc1nc(Cl)c2c(Br)ccc(C)c2n1. The molecule has 1 aromatic carbocycles. The zero-order valence-electron chi connectivity index (χ0n) is 8.51. The van der Waals surface area contributed by atoms with Crippen LogP contribution in [0.4, 0.5) is 0 Å². The molecule has 15 heavy (non-hydrogen) atoms. The summed E-state index contributed by atoms with van der Waals surface area (Å²) in [6.45, 7) is 4.04. The van der Waals surface area contributed by atoms with Crippen LogP contribution in [-0.2, 0) is 6.42 Å². The highest BCUT2D eigenvalue weighted by molar-refractivity contribution is 9.10. The van der Waals surface area contributed by atoms with Gasteiger partial charge >= 0.3 is 0 Å². The molecule has 78 valence electrons. The lowest BCUT2D eigenvalue weighted by atomic mass is 10.1. The summed E-state index contributed by atoms with van der Waals surface area (Å²) in [5, 5.41) is 1.42. The first-order valence-electron chi connectivity index (χ1n) is 4.74. The molecule has 4 heteroatoms. The average Bonchev–Trinajstić information content (AvgIpc) is 2.23. The van der Waals surface area contributed by atoms with E-state index in [1.54, 1.807) is 0 Å². The lowest BCUT2D eigenvalue weighted by Gasteiger charge is -2.06. The largest absolute Gasteiger partial charge is 0.232 e. The second-order valence-electron chi connectivity index (χ2n) is 3.37. The maximum absolute atomic E-state index is 6.14. The standard InChI is InChI=1S/C11H10BrClN2/c1-3-8-14-10-6(2)4-5-7(12)9(10)11(13)15-8/h4-5H,3H2,1-2H3. The summed E-state index contributed by atoms with van der Waals surface area (Å²) in [7, 11) is 0. The molecule has 0 amide bonds. The summed E-state index contributed by atoms with van der Waals surface area (Å²) in [5.41, 5.74) is 2.05. The molecule has 1 heterocycles. The van der Waals surface area contributed by atoms with E-state index in [9.17, 15) is 0 Å². The molecule has 1 aromatic heterocycles. The first-order chi connectivity index (χ1) is 7.13. The summed E-state index contributed by atoms with van der Waals surface area (Å²) in [5.74, 6) is 0.786. The van der Waals surface area contributed by atoms with Gasteiger partial charge < -0.3 is 0 Å². The van der Waals surface area contributed by atoms with E-state index >= 15 is 0 Å². The van der Waals surface area contributed by atoms with Crippen molar-refractivity contribution in [2.45, 2.75) is 20.3 Å². The van der Waals surface area contributed by atoms with Gasteiger partial charge in [-0.05, 0) is 34.5 Å². The van der Waals surface area contributed by atoms with Crippen molar-refractivity contribution in [2.75, 3.05) is 0 Å². The van der Waals surface area contributed by atoms with E-state index < -0.39 is 0 Å². The number of hydrogen-bond donors (Lipinski definition) is 0. The van der Waals surface area contributed by atoms with Gasteiger partial charge in [0.15, 0.2) is 0 Å². The molecule has 0 radical (unpaired) electrons. The van der Waals surface area contributed by atoms with E-state index in [2.05, 4.69) is 25.9 Å². The molecule has 0 atom stereocenters. The molecule has 0 fully saturated rings. The number of nitrogens with zero attached hydrogens (tertiary/aromatic N) is 2. The highest BCUT2D eigenvalue weighted by Crippen LogP contribution is 2.30. The van der Waals surface area contributed by atoms with Gasteiger partial charge in [0.25, 0.3) is 0 Å². The molecular formula is C11H10BrClN2. The van der Waals surface area contributed by atoms with Gasteiger partial charge in [0, 0.05) is 10.9 Å². The Bertz CT molecular complexity index is 525. The van der Waals surface area contributed by atoms with E-state index in [4.69, 9.17) is 11.6 Å². The van der Waals surface area contributed by atoms with Gasteiger partial charge in [-0.2, -0.15) is 0 Å². The molecule has 2 rings (SSSR count). The second-order valence-corrected chi connectivity index (χ2v) is 4.58. The Labute approximate surface area is 102 Å². The first kappa shape index (κ1) is 10.8. The number of aryl methyl sites for hydroxylation is 2. The van der Waals surface area contributed by atoms with E-state index in [1.165, 1.54) is 0 Å². The summed E-state index contributed by atoms with van der Waals surface area (Å²) < 4.78 is 0.941. The first-order valence-corrected chi connectivity index (χ1v) is 5.91. The molecule has 0 aliphatic carbocycles.